The molecule has 2 aliphatic rings. The number of aromatic nitrogens is 2. The minimum absolute atomic E-state index is 0.190. The van der Waals surface area contributed by atoms with Crippen LogP contribution in [-0.4, -0.2) is 28.0 Å². The van der Waals surface area contributed by atoms with Gasteiger partial charge in [-0.15, -0.1) is 21.5 Å². The lowest BCUT2D eigenvalue weighted by molar-refractivity contribution is -0.137. The lowest BCUT2D eigenvalue weighted by atomic mass is 9.90. The van der Waals surface area contributed by atoms with Gasteiger partial charge in [-0.05, 0) is 48.6 Å². The van der Waals surface area contributed by atoms with E-state index in [1.807, 2.05) is 0 Å². The molecule has 1 aliphatic heterocycles. The second-order valence-electron chi connectivity index (χ2n) is 5.84. The minimum Gasteiger partial charge on any atom is -0.465 e. The van der Waals surface area contributed by atoms with Gasteiger partial charge in [0.2, 0.25) is 0 Å². The molecule has 0 bridgehead atoms. The van der Waals surface area contributed by atoms with Gasteiger partial charge in [0, 0.05) is 11.3 Å². The van der Waals surface area contributed by atoms with Gasteiger partial charge in [0.25, 0.3) is 11.1 Å². The number of rotatable bonds is 3. The zero-order valence-electron chi connectivity index (χ0n) is 12.2. The van der Waals surface area contributed by atoms with Crippen molar-refractivity contribution in [3.8, 4) is 10.8 Å². The molecule has 2 aromatic rings. The third-order valence-corrected chi connectivity index (χ3v) is 6.38. The van der Waals surface area contributed by atoms with Gasteiger partial charge in [-0.1, -0.05) is 6.92 Å². The van der Waals surface area contributed by atoms with Crippen LogP contribution < -0.4 is 0 Å². The summed E-state index contributed by atoms with van der Waals surface area (Å²) in [5.74, 6) is 1.11. The van der Waals surface area contributed by atoms with Crippen LogP contribution in [-0.2, 0) is 22.4 Å². The van der Waals surface area contributed by atoms with Crippen LogP contribution in [0.3, 0.4) is 0 Å². The second-order valence-corrected chi connectivity index (χ2v) is 8.13. The molecule has 0 aromatic carbocycles. The molecule has 1 saturated heterocycles. The van der Waals surface area contributed by atoms with Crippen LogP contribution in [0.2, 0.25) is 0 Å². The number of aryl methyl sites for hydroxylation is 1. The molecule has 0 amide bonds. The van der Waals surface area contributed by atoms with E-state index in [-0.39, 0.29) is 11.2 Å². The molecule has 116 valence electrons. The minimum atomic E-state index is -0.217. The summed E-state index contributed by atoms with van der Waals surface area (Å²) in [4.78, 5) is 14.0. The number of fused-ring (bicyclic) bond motifs is 1. The van der Waals surface area contributed by atoms with Crippen LogP contribution >= 0.6 is 23.1 Å². The van der Waals surface area contributed by atoms with Crippen molar-refractivity contribution in [2.45, 2.75) is 43.1 Å². The number of nitrogens with zero attached hydrogens (tertiary/aromatic N) is 2. The van der Waals surface area contributed by atoms with Crippen LogP contribution in [0.4, 0.5) is 0 Å². The SMILES string of the molecule is C[C@H]1CCc2sc(-c3nnc(S[C@@H]4CCOC4=O)o3)cc2C1. The molecule has 22 heavy (non-hydrogen) atoms. The highest BCUT2D eigenvalue weighted by Gasteiger charge is 2.30. The van der Waals surface area contributed by atoms with E-state index in [0.717, 1.165) is 23.6 Å². The monoisotopic (exact) mass is 336 g/mol. The van der Waals surface area contributed by atoms with Crippen molar-refractivity contribution in [2.24, 2.45) is 5.92 Å². The molecule has 1 fully saturated rings. The third kappa shape index (κ3) is 2.67. The molecular weight excluding hydrogens is 320 g/mol. The normalized spacial score (nSPS) is 24.3. The lowest BCUT2D eigenvalue weighted by Crippen LogP contribution is -2.09. The summed E-state index contributed by atoms with van der Waals surface area (Å²) in [6.45, 7) is 2.77. The fourth-order valence-electron chi connectivity index (χ4n) is 2.87. The molecule has 0 radical (unpaired) electrons. The van der Waals surface area contributed by atoms with Crippen molar-refractivity contribution in [3.63, 3.8) is 0 Å². The maximum atomic E-state index is 11.5. The Morgan fingerprint density at radius 3 is 3.09 bits per heavy atom. The Morgan fingerprint density at radius 2 is 2.27 bits per heavy atom. The first-order valence-electron chi connectivity index (χ1n) is 7.48. The molecular formula is C15H16N2O3S2. The fourth-order valence-corrected chi connectivity index (χ4v) is 4.84. The van der Waals surface area contributed by atoms with Gasteiger partial charge in [0.1, 0.15) is 5.25 Å². The number of esters is 1. The first kappa shape index (κ1) is 14.3. The Labute approximate surface area is 136 Å². The third-order valence-electron chi connectivity index (χ3n) is 4.08. The number of hydrogen-bond acceptors (Lipinski definition) is 7. The molecule has 2 aromatic heterocycles. The van der Waals surface area contributed by atoms with Gasteiger partial charge < -0.3 is 9.15 Å². The van der Waals surface area contributed by atoms with Crippen molar-refractivity contribution < 1.29 is 13.9 Å². The summed E-state index contributed by atoms with van der Waals surface area (Å²) in [5, 5.41) is 8.42. The Morgan fingerprint density at radius 1 is 1.36 bits per heavy atom. The number of carbonyl (C=O) groups excluding carboxylic acids is 1. The maximum Gasteiger partial charge on any atom is 0.319 e. The van der Waals surface area contributed by atoms with Gasteiger partial charge in [-0.2, -0.15) is 0 Å². The quantitative estimate of drug-likeness (QED) is 0.801. The Balaban J connectivity index is 1.53. The van der Waals surface area contributed by atoms with Crippen molar-refractivity contribution in [1.82, 2.24) is 10.2 Å². The highest BCUT2D eigenvalue weighted by molar-refractivity contribution is 8.00. The highest BCUT2D eigenvalue weighted by atomic mass is 32.2. The molecule has 0 spiro atoms. The largest absolute Gasteiger partial charge is 0.465 e. The van der Waals surface area contributed by atoms with Crippen LogP contribution in [0.1, 0.15) is 30.2 Å². The number of carbonyl (C=O) groups is 1. The van der Waals surface area contributed by atoms with Crippen molar-refractivity contribution in [2.75, 3.05) is 6.61 Å². The molecule has 0 unspecified atom stereocenters. The zero-order chi connectivity index (χ0) is 15.1. The van der Waals surface area contributed by atoms with E-state index < -0.39 is 0 Å². The number of ether oxygens (including phenoxy) is 1. The molecule has 4 rings (SSSR count). The molecule has 0 saturated carbocycles. The van der Waals surface area contributed by atoms with Gasteiger partial charge in [0.05, 0.1) is 11.5 Å². The van der Waals surface area contributed by atoms with Crippen molar-refractivity contribution in [3.05, 3.63) is 16.5 Å². The summed E-state index contributed by atoms with van der Waals surface area (Å²) in [6, 6.07) is 2.18. The highest BCUT2D eigenvalue weighted by Crippen LogP contribution is 2.38. The smallest absolute Gasteiger partial charge is 0.319 e. The second kappa shape index (κ2) is 5.70. The van der Waals surface area contributed by atoms with Gasteiger partial charge >= 0.3 is 5.97 Å². The molecule has 5 nitrogen and oxygen atoms in total. The average molecular weight is 336 g/mol. The van der Waals surface area contributed by atoms with Crippen LogP contribution in [0.5, 0.6) is 0 Å². The summed E-state index contributed by atoms with van der Waals surface area (Å²) in [5.41, 5.74) is 1.42. The van der Waals surface area contributed by atoms with Crippen LogP contribution in [0.25, 0.3) is 10.8 Å². The van der Waals surface area contributed by atoms with Crippen LogP contribution in [0, 0.1) is 5.92 Å². The van der Waals surface area contributed by atoms with E-state index in [9.17, 15) is 4.79 Å². The fraction of sp³-hybridized carbons (Fsp3) is 0.533. The molecule has 3 heterocycles. The van der Waals surface area contributed by atoms with Crippen LogP contribution in [0.15, 0.2) is 15.7 Å². The summed E-state index contributed by atoms with van der Waals surface area (Å²) in [6.07, 6.45) is 4.23. The standard InChI is InChI=1S/C15H16N2O3S2/c1-8-2-3-10-9(6-8)7-12(21-10)13-16-17-15(20-13)22-11-4-5-19-14(11)18/h7-8,11H,2-6H2,1H3/t8-,11+/m0/s1. The predicted molar refractivity (Wildman–Crippen MR) is 84.0 cm³/mol. The Bertz CT molecular complexity index is 709. The Kier molecular flexibility index (Phi) is 3.69. The average Bonchev–Trinajstić information content (AvgIpc) is 3.19. The van der Waals surface area contributed by atoms with Crippen molar-refractivity contribution >= 4 is 29.1 Å². The maximum absolute atomic E-state index is 11.5. The van der Waals surface area contributed by atoms with Crippen molar-refractivity contribution in [1.29, 1.82) is 0 Å². The number of hydrogen-bond donors (Lipinski definition) is 0. The number of cyclic esters (lactones) is 1. The number of thiophene rings is 1. The lowest BCUT2D eigenvalue weighted by Gasteiger charge is -2.16. The number of thioether (sulfide) groups is 1. The van der Waals surface area contributed by atoms with Gasteiger partial charge in [0.15, 0.2) is 0 Å². The van der Waals surface area contributed by atoms with E-state index in [4.69, 9.17) is 9.15 Å². The predicted octanol–water partition coefficient (Wildman–Crippen LogP) is 3.33. The molecule has 7 heteroatoms. The topological polar surface area (TPSA) is 65.2 Å². The molecule has 0 N–H and O–H groups in total. The summed E-state index contributed by atoms with van der Waals surface area (Å²) in [7, 11) is 0. The molecule has 2 atom stereocenters. The van der Waals surface area contributed by atoms with Gasteiger partial charge in [-0.3, -0.25) is 4.79 Å². The zero-order valence-corrected chi connectivity index (χ0v) is 13.8. The van der Waals surface area contributed by atoms with E-state index in [1.165, 1.54) is 28.6 Å². The molecule has 1 aliphatic carbocycles. The van der Waals surface area contributed by atoms with E-state index in [2.05, 4.69) is 23.2 Å². The Hall–Kier alpha value is -1.34. The van der Waals surface area contributed by atoms with E-state index >= 15 is 0 Å². The summed E-state index contributed by atoms with van der Waals surface area (Å²) < 4.78 is 10.7. The van der Waals surface area contributed by atoms with E-state index in [1.54, 1.807) is 11.3 Å². The summed E-state index contributed by atoms with van der Waals surface area (Å²) >= 11 is 3.05. The first-order valence-corrected chi connectivity index (χ1v) is 9.17. The van der Waals surface area contributed by atoms with E-state index in [0.29, 0.717) is 24.1 Å². The first-order chi connectivity index (χ1) is 10.7. The van der Waals surface area contributed by atoms with Gasteiger partial charge in [-0.25, -0.2) is 0 Å².